The predicted molar refractivity (Wildman–Crippen MR) is 55.1 cm³/mol. The van der Waals surface area contributed by atoms with Gasteiger partial charge in [0.1, 0.15) is 0 Å². The molecule has 0 unspecified atom stereocenters. The van der Waals surface area contributed by atoms with Gasteiger partial charge in [0.25, 0.3) is 0 Å². The number of halogens is 2. The van der Waals surface area contributed by atoms with Gasteiger partial charge in [0, 0.05) is 10.0 Å². The lowest BCUT2D eigenvalue weighted by atomic mass is 10.0. The van der Waals surface area contributed by atoms with Gasteiger partial charge in [-0.3, -0.25) is 0 Å². The molecule has 1 rings (SSSR count). The summed E-state index contributed by atoms with van der Waals surface area (Å²) < 4.78 is 0. The maximum Gasteiger partial charge on any atom is 0.0704 e. The normalized spacial score (nSPS) is 15.5. The molecular weight excluding hydrogens is 209 g/mol. The summed E-state index contributed by atoms with van der Waals surface area (Å²) in [5.41, 5.74) is 6.45. The van der Waals surface area contributed by atoms with Gasteiger partial charge in [-0.2, -0.15) is 0 Å². The van der Waals surface area contributed by atoms with Gasteiger partial charge in [0.2, 0.25) is 0 Å². The van der Waals surface area contributed by atoms with E-state index >= 15 is 0 Å². The summed E-state index contributed by atoms with van der Waals surface area (Å²) in [6.45, 7) is 1.62. The highest BCUT2D eigenvalue weighted by Crippen LogP contribution is 2.23. The molecule has 3 N–H and O–H groups in total. The van der Waals surface area contributed by atoms with Crippen molar-refractivity contribution in [1.82, 2.24) is 0 Å². The zero-order valence-corrected chi connectivity index (χ0v) is 8.68. The maximum absolute atomic E-state index is 9.24. The Balaban J connectivity index is 3.01. The molecule has 0 aliphatic rings. The van der Waals surface area contributed by atoms with Gasteiger partial charge in [0.15, 0.2) is 0 Å². The van der Waals surface area contributed by atoms with Crippen LogP contribution in [0.1, 0.15) is 18.5 Å². The van der Waals surface area contributed by atoms with Crippen LogP contribution in [-0.2, 0) is 0 Å². The molecule has 2 nitrogen and oxygen atoms in total. The summed E-state index contributed by atoms with van der Waals surface area (Å²) in [5, 5.41) is 10.3. The van der Waals surface area contributed by atoms with Gasteiger partial charge in [-0.25, -0.2) is 0 Å². The lowest BCUT2D eigenvalue weighted by Crippen LogP contribution is -2.23. The van der Waals surface area contributed by atoms with Crippen LogP contribution in [0.5, 0.6) is 0 Å². The molecule has 0 fully saturated rings. The Hall–Kier alpha value is -0.280. The number of aliphatic hydroxyl groups is 1. The summed E-state index contributed by atoms with van der Waals surface area (Å²) in [5.74, 6) is 0. The van der Waals surface area contributed by atoms with E-state index in [1.807, 2.05) is 0 Å². The quantitative estimate of drug-likeness (QED) is 0.803. The van der Waals surface area contributed by atoms with Crippen LogP contribution in [-0.4, -0.2) is 11.2 Å². The summed E-state index contributed by atoms with van der Waals surface area (Å²) in [6.07, 6.45) is -0.616. The van der Waals surface area contributed by atoms with Crippen LogP contribution in [0.25, 0.3) is 0 Å². The number of aliphatic hydroxyl groups excluding tert-OH is 1. The first-order valence-corrected chi connectivity index (χ1v) is 4.66. The van der Waals surface area contributed by atoms with E-state index in [1.54, 1.807) is 25.1 Å². The molecule has 0 spiro atoms. The Morgan fingerprint density at radius 2 is 1.69 bits per heavy atom. The van der Waals surface area contributed by atoms with Gasteiger partial charge < -0.3 is 10.8 Å². The Kier molecular flexibility index (Phi) is 3.56. The van der Waals surface area contributed by atoms with E-state index in [9.17, 15) is 5.11 Å². The largest absolute Gasteiger partial charge is 0.391 e. The third kappa shape index (κ3) is 2.85. The van der Waals surface area contributed by atoms with Crippen molar-refractivity contribution in [2.24, 2.45) is 5.73 Å². The minimum absolute atomic E-state index is 0.448. The molecule has 0 aliphatic carbocycles. The second-order valence-electron chi connectivity index (χ2n) is 2.97. The van der Waals surface area contributed by atoms with E-state index in [0.29, 0.717) is 10.0 Å². The van der Waals surface area contributed by atoms with Gasteiger partial charge in [0.05, 0.1) is 12.1 Å². The average molecular weight is 220 g/mol. The highest BCUT2D eigenvalue weighted by atomic mass is 35.5. The molecular formula is C9H11Cl2NO. The zero-order chi connectivity index (χ0) is 10.0. The van der Waals surface area contributed by atoms with Crippen LogP contribution in [0.15, 0.2) is 18.2 Å². The van der Waals surface area contributed by atoms with Crippen molar-refractivity contribution in [3.8, 4) is 0 Å². The first-order chi connectivity index (χ1) is 6.00. The SMILES string of the molecule is C[C@@H](O)[C@H](N)c1cc(Cl)cc(Cl)c1. The summed E-state index contributed by atoms with van der Waals surface area (Å²) >= 11 is 11.6. The summed E-state index contributed by atoms with van der Waals surface area (Å²) in [6, 6.07) is 4.58. The smallest absolute Gasteiger partial charge is 0.0704 e. The van der Waals surface area contributed by atoms with Crippen LogP contribution < -0.4 is 5.73 Å². The fraction of sp³-hybridized carbons (Fsp3) is 0.333. The van der Waals surface area contributed by atoms with Crippen LogP contribution in [0.2, 0.25) is 10.0 Å². The fourth-order valence-electron chi connectivity index (χ4n) is 1.05. The van der Waals surface area contributed by atoms with Crippen molar-refractivity contribution in [1.29, 1.82) is 0 Å². The lowest BCUT2D eigenvalue weighted by Gasteiger charge is -2.15. The van der Waals surface area contributed by atoms with Crippen LogP contribution >= 0.6 is 23.2 Å². The third-order valence-corrected chi connectivity index (χ3v) is 2.23. The Morgan fingerprint density at radius 1 is 1.23 bits per heavy atom. The topological polar surface area (TPSA) is 46.2 Å². The zero-order valence-electron chi connectivity index (χ0n) is 7.17. The molecule has 1 aromatic rings. The molecule has 0 saturated carbocycles. The molecule has 0 amide bonds. The number of benzene rings is 1. The van der Waals surface area contributed by atoms with E-state index in [-0.39, 0.29) is 0 Å². The van der Waals surface area contributed by atoms with Crippen molar-refractivity contribution in [2.45, 2.75) is 19.1 Å². The van der Waals surface area contributed by atoms with E-state index in [2.05, 4.69) is 0 Å². The average Bonchev–Trinajstić information content (AvgIpc) is 2.01. The van der Waals surface area contributed by atoms with Gasteiger partial charge in [-0.1, -0.05) is 23.2 Å². The second-order valence-corrected chi connectivity index (χ2v) is 3.84. The minimum Gasteiger partial charge on any atom is -0.391 e. The molecule has 0 heterocycles. The molecule has 1 aromatic carbocycles. The van der Waals surface area contributed by atoms with Gasteiger partial charge in [-0.05, 0) is 30.7 Å². The number of rotatable bonds is 2. The van der Waals surface area contributed by atoms with Crippen molar-refractivity contribution in [2.75, 3.05) is 0 Å². The first kappa shape index (κ1) is 10.8. The number of nitrogens with two attached hydrogens (primary N) is 1. The summed E-state index contributed by atoms with van der Waals surface area (Å²) in [4.78, 5) is 0. The Bertz CT molecular complexity index is 281. The lowest BCUT2D eigenvalue weighted by molar-refractivity contribution is 0.164. The van der Waals surface area contributed by atoms with Crippen molar-refractivity contribution >= 4 is 23.2 Å². The van der Waals surface area contributed by atoms with E-state index < -0.39 is 12.1 Å². The van der Waals surface area contributed by atoms with Crippen molar-refractivity contribution in [3.05, 3.63) is 33.8 Å². The van der Waals surface area contributed by atoms with Gasteiger partial charge >= 0.3 is 0 Å². The van der Waals surface area contributed by atoms with Crippen LogP contribution in [0.4, 0.5) is 0 Å². The molecule has 0 saturated heterocycles. The second kappa shape index (κ2) is 4.29. The predicted octanol–water partition coefficient (Wildman–Crippen LogP) is 2.37. The maximum atomic E-state index is 9.24. The van der Waals surface area contributed by atoms with Crippen molar-refractivity contribution in [3.63, 3.8) is 0 Å². The van der Waals surface area contributed by atoms with Crippen molar-refractivity contribution < 1.29 is 5.11 Å². The molecule has 0 bridgehead atoms. The molecule has 13 heavy (non-hydrogen) atoms. The standard InChI is InChI=1S/C9H11Cl2NO/c1-5(13)9(12)6-2-7(10)4-8(11)3-6/h2-5,9,13H,12H2,1H3/t5-,9+/m1/s1. The molecule has 2 atom stereocenters. The highest BCUT2D eigenvalue weighted by Gasteiger charge is 2.12. The highest BCUT2D eigenvalue weighted by molar-refractivity contribution is 6.34. The van der Waals surface area contributed by atoms with Gasteiger partial charge in [-0.15, -0.1) is 0 Å². The number of hydrogen-bond donors (Lipinski definition) is 2. The molecule has 72 valence electrons. The van der Waals surface area contributed by atoms with Crippen LogP contribution in [0, 0.1) is 0 Å². The number of hydrogen-bond acceptors (Lipinski definition) is 2. The third-order valence-electron chi connectivity index (χ3n) is 1.79. The Labute approximate surface area is 87.3 Å². The van der Waals surface area contributed by atoms with E-state index in [1.165, 1.54) is 0 Å². The van der Waals surface area contributed by atoms with E-state index in [4.69, 9.17) is 28.9 Å². The Morgan fingerprint density at radius 3 is 2.08 bits per heavy atom. The molecule has 4 heteroatoms. The monoisotopic (exact) mass is 219 g/mol. The molecule has 0 aliphatic heterocycles. The van der Waals surface area contributed by atoms with E-state index in [0.717, 1.165) is 5.56 Å². The first-order valence-electron chi connectivity index (χ1n) is 3.90. The van der Waals surface area contributed by atoms with Crippen LogP contribution in [0.3, 0.4) is 0 Å². The summed E-state index contributed by atoms with van der Waals surface area (Å²) in [7, 11) is 0. The fourth-order valence-corrected chi connectivity index (χ4v) is 1.59. The minimum atomic E-state index is -0.616. The molecule has 0 aromatic heterocycles. The molecule has 0 radical (unpaired) electrons.